The maximum absolute atomic E-state index is 12.6. The van der Waals surface area contributed by atoms with E-state index in [1.807, 2.05) is 61.7 Å². The van der Waals surface area contributed by atoms with E-state index in [1.165, 1.54) is 0 Å². The number of hydrogen-bond acceptors (Lipinski definition) is 4. The molecule has 8 heteroatoms. The fraction of sp³-hybridized carbons (Fsp3) is 0.217. The van der Waals surface area contributed by atoms with E-state index in [0.29, 0.717) is 12.1 Å². The number of urea groups is 1. The largest absolute Gasteiger partial charge is 0.327 e. The van der Waals surface area contributed by atoms with E-state index in [4.69, 9.17) is 0 Å². The Bertz CT molecular complexity index is 1120. The van der Waals surface area contributed by atoms with Gasteiger partial charge in [0.25, 0.3) is 5.91 Å². The summed E-state index contributed by atoms with van der Waals surface area (Å²) < 4.78 is 1.73. The lowest BCUT2D eigenvalue weighted by Crippen LogP contribution is -2.31. The van der Waals surface area contributed by atoms with Gasteiger partial charge in [-0.05, 0) is 29.7 Å². The summed E-state index contributed by atoms with van der Waals surface area (Å²) in [5, 5.41) is 7.76. The number of carbonyl (C=O) groups excluding carboxylic acids is 3. The summed E-state index contributed by atoms with van der Waals surface area (Å²) in [5.74, 6) is -0.519. The monoisotopic (exact) mass is 417 g/mol. The highest BCUT2D eigenvalue weighted by Gasteiger charge is 2.29. The van der Waals surface area contributed by atoms with E-state index in [1.54, 1.807) is 10.9 Å². The molecule has 3 N–H and O–H groups in total. The van der Waals surface area contributed by atoms with E-state index < -0.39 is 12.1 Å². The van der Waals surface area contributed by atoms with Gasteiger partial charge in [0.1, 0.15) is 12.6 Å². The number of hydrogen-bond donors (Lipinski definition) is 3. The lowest BCUT2D eigenvalue weighted by atomic mass is 9.98. The number of rotatable bonds is 7. The number of carbonyl (C=O) groups is 3. The number of aryl methyl sites for hydroxylation is 1. The molecule has 31 heavy (non-hydrogen) atoms. The van der Waals surface area contributed by atoms with Crippen LogP contribution in [0.2, 0.25) is 0 Å². The third kappa shape index (κ3) is 4.80. The van der Waals surface area contributed by atoms with Crippen molar-refractivity contribution in [2.75, 3.05) is 5.32 Å². The van der Waals surface area contributed by atoms with Gasteiger partial charge < -0.3 is 15.2 Å². The first-order valence-electron chi connectivity index (χ1n) is 10.1. The first-order valence-corrected chi connectivity index (χ1v) is 10.1. The molecular weight excluding hydrogens is 394 g/mol. The molecule has 1 atom stereocenters. The predicted molar refractivity (Wildman–Crippen MR) is 116 cm³/mol. The molecule has 1 unspecified atom stereocenters. The summed E-state index contributed by atoms with van der Waals surface area (Å²) in [6.45, 7) is 2.15. The topological polar surface area (TPSA) is 105 Å². The molecular formula is C23H23N5O3. The Morgan fingerprint density at radius 1 is 1.13 bits per heavy atom. The zero-order valence-corrected chi connectivity index (χ0v) is 17.1. The van der Waals surface area contributed by atoms with Crippen molar-refractivity contribution in [3.05, 3.63) is 72.2 Å². The number of aromatic nitrogens is 2. The van der Waals surface area contributed by atoms with Crippen molar-refractivity contribution < 1.29 is 14.4 Å². The highest BCUT2D eigenvalue weighted by molar-refractivity contribution is 6.04. The van der Waals surface area contributed by atoms with Crippen molar-refractivity contribution in [2.24, 2.45) is 0 Å². The van der Waals surface area contributed by atoms with E-state index in [2.05, 4.69) is 20.9 Å². The SMILES string of the molecule is CCc1ccc(NC(=O)Cn2cnc(-c3ccccc3)c2)cc1CC1NC(=O)NC1=O. The molecule has 4 amide bonds. The second-order valence-corrected chi connectivity index (χ2v) is 7.40. The summed E-state index contributed by atoms with van der Waals surface area (Å²) >= 11 is 0. The number of imidazole rings is 1. The van der Waals surface area contributed by atoms with Crippen LogP contribution in [-0.2, 0) is 29.0 Å². The quantitative estimate of drug-likeness (QED) is 0.514. The van der Waals surface area contributed by atoms with Crippen LogP contribution >= 0.6 is 0 Å². The third-order valence-corrected chi connectivity index (χ3v) is 5.18. The Morgan fingerprint density at radius 2 is 1.94 bits per heavy atom. The van der Waals surface area contributed by atoms with Crippen LogP contribution < -0.4 is 16.0 Å². The summed E-state index contributed by atoms with van der Waals surface area (Å²) in [5.41, 5.74) is 4.42. The Kier molecular flexibility index (Phi) is 5.79. The number of benzene rings is 2. The fourth-order valence-corrected chi connectivity index (χ4v) is 3.63. The van der Waals surface area contributed by atoms with Crippen LogP contribution in [0.15, 0.2) is 61.1 Å². The van der Waals surface area contributed by atoms with E-state index >= 15 is 0 Å². The van der Waals surface area contributed by atoms with Gasteiger partial charge in [-0.15, -0.1) is 0 Å². The van der Waals surface area contributed by atoms with Crippen molar-refractivity contribution in [3.63, 3.8) is 0 Å². The Morgan fingerprint density at radius 3 is 2.65 bits per heavy atom. The zero-order valence-electron chi connectivity index (χ0n) is 17.1. The summed E-state index contributed by atoms with van der Waals surface area (Å²) in [4.78, 5) is 40.2. The first-order chi connectivity index (χ1) is 15.0. The number of amides is 4. The molecule has 3 aromatic rings. The molecule has 8 nitrogen and oxygen atoms in total. The second-order valence-electron chi connectivity index (χ2n) is 7.40. The molecule has 1 aliphatic rings. The molecule has 2 heterocycles. The van der Waals surface area contributed by atoms with Gasteiger partial charge >= 0.3 is 6.03 Å². The summed E-state index contributed by atoms with van der Waals surface area (Å²) in [7, 11) is 0. The van der Waals surface area contributed by atoms with Gasteiger partial charge in [-0.25, -0.2) is 9.78 Å². The van der Waals surface area contributed by atoms with Crippen LogP contribution in [0, 0.1) is 0 Å². The molecule has 2 aromatic carbocycles. The predicted octanol–water partition coefficient (Wildman–Crippen LogP) is 2.50. The van der Waals surface area contributed by atoms with Crippen LogP contribution in [0.4, 0.5) is 10.5 Å². The van der Waals surface area contributed by atoms with Gasteiger partial charge in [0.05, 0.1) is 12.0 Å². The van der Waals surface area contributed by atoms with Gasteiger partial charge in [-0.1, -0.05) is 43.3 Å². The molecule has 0 radical (unpaired) electrons. The van der Waals surface area contributed by atoms with Crippen LogP contribution in [0.25, 0.3) is 11.3 Å². The van der Waals surface area contributed by atoms with Crippen LogP contribution in [-0.4, -0.2) is 33.4 Å². The lowest BCUT2D eigenvalue weighted by molar-refractivity contribution is -0.120. The maximum Gasteiger partial charge on any atom is 0.322 e. The summed E-state index contributed by atoms with van der Waals surface area (Å²) in [6, 6.07) is 14.3. The van der Waals surface area contributed by atoms with Crippen LogP contribution in [0.3, 0.4) is 0 Å². The standard InChI is InChI=1S/C23H23N5O3/c1-2-15-8-9-18(10-17(15)11-19-22(30)27-23(31)26-19)25-21(29)13-28-12-20(24-14-28)16-6-4-3-5-7-16/h3-10,12,14,19H,2,11,13H2,1H3,(H,25,29)(H2,26,27,30,31). The molecule has 1 aliphatic heterocycles. The van der Waals surface area contributed by atoms with Crippen molar-refractivity contribution in [1.29, 1.82) is 0 Å². The maximum atomic E-state index is 12.6. The average Bonchev–Trinajstić information content (AvgIpc) is 3.34. The lowest BCUT2D eigenvalue weighted by Gasteiger charge is -2.14. The van der Waals surface area contributed by atoms with Gasteiger partial charge in [-0.3, -0.25) is 14.9 Å². The van der Waals surface area contributed by atoms with Crippen LogP contribution in [0.5, 0.6) is 0 Å². The number of anilines is 1. The molecule has 158 valence electrons. The first kappa shape index (κ1) is 20.3. The molecule has 1 fully saturated rings. The minimum absolute atomic E-state index is 0.131. The van der Waals surface area contributed by atoms with Gasteiger partial charge in [0.2, 0.25) is 5.91 Å². The molecule has 4 rings (SSSR count). The molecule has 0 bridgehead atoms. The van der Waals surface area contributed by atoms with Gasteiger partial charge in [0, 0.05) is 23.9 Å². The molecule has 0 spiro atoms. The Labute approximate surface area is 179 Å². The number of imide groups is 1. The molecule has 0 saturated carbocycles. The molecule has 1 aromatic heterocycles. The molecule has 0 aliphatic carbocycles. The third-order valence-electron chi connectivity index (χ3n) is 5.18. The fourth-order valence-electron chi connectivity index (χ4n) is 3.63. The van der Waals surface area contributed by atoms with Gasteiger partial charge in [0.15, 0.2) is 0 Å². The second kappa shape index (κ2) is 8.83. The Hall–Kier alpha value is -3.94. The van der Waals surface area contributed by atoms with Gasteiger partial charge in [-0.2, -0.15) is 0 Å². The van der Waals surface area contributed by atoms with Crippen molar-refractivity contribution in [3.8, 4) is 11.3 Å². The number of nitrogens with zero attached hydrogens (tertiary/aromatic N) is 2. The normalized spacial score (nSPS) is 15.5. The Balaban J connectivity index is 1.43. The average molecular weight is 417 g/mol. The van der Waals surface area contributed by atoms with E-state index in [-0.39, 0.29) is 18.4 Å². The molecule has 1 saturated heterocycles. The zero-order chi connectivity index (χ0) is 21.8. The van der Waals surface area contributed by atoms with E-state index in [0.717, 1.165) is 28.8 Å². The van der Waals surface area contributed by atoms with Crippen molar-refractivity contribution in [2.45, 2.75) is 32.4 Å². The highest BCUT2D eigenvalue weighted by Crippen LogP contribution is 2.20. The summed E-state index contributed by atoms with van der Waals surface area (Å²) in [6.07, 6.45) is 4.62. The minimum atomic E-state index is -0.605. The van der Waals surface area contributed by atoms with Crippen LogP contribution in [0.1, 0.15) is 18.1 Å². The number of nitrogens with one attached hydrogen (secondary N) is 3. The minimum Gasteiger partial charge on any atom is -0.327 e. The highest BCUT2D eigenvalue weighted by atomic mass is 16.2. The van der Waals surface area contributed by atoms with E-state index in [9.17, 15) is 14.4 Å². The van der Waals surface area contributed by atoms with Crippen molar-refractivity contribution >= 4 is 23.5 Å². The van der Waals surface area contributed by atoms with Crippen molar-refractivity contribution in [1.82, 2.24) is 20.2 Å². The smallest absolute Gasteiger partial charge is 0.322 e.